The fourth-order valence-corrected chi connectivity index (χ4v) is 4.18. The fourth-order valence-electron chi connectivity index (χ4n) is 2.74. The van der Waals surface area contributed by atoms with Crippen molar-refractivity contribution in [2.24, 2.45) is 0 Å². The van der Waals surface area contributed by atoms with E-state index in [0.717, 1.165) is 17.5 Å². The Balaban J connectivity index is 1.90. The molecule has 3 heteroatoms. The summed E-state index contributed by atoms with van der Waals surface area (Å²) in [6.07, 6.45) is 10.4. The summed E-state index contributed by atoms with van der Waals surface area (Å²) < 4.78 is 0. The summed E-state index contributed by atoms with van der Waals surface area (Å²) in [7, 11) is 0. The van der Waals surface area contributed by atoms with E-state index >= 15 is 0 Å². The van der Waals surface area contributed by atoms with E-state index in [2.05, 4.69) is 48.0 Å². The van der Waals surface area contributed by atoms with Crippen LogP contribution in [0.15, 0.2) is 18.3 Å². The average molecular weight is 292 g/mol. The van der Waals surface area contributed by atoms with Crippen molar-refractivity contribution < 1.29 is 0 Å². The van der Waals surface area contributed by atoms with Crippen molar-refractivity contribution in [2.75, 3.05) is 12.3 Å². The van der Waals surface area contributed by atoms with E-state index < -0.39 is 0 Å². The molecule has 1 fully saturated rings. The number of nitrogens with zero attached hydrogens (tertiary/aromatic N) is 1. The molecule has 0 aliphatic heterocycles. The van der Waals surface area contributed by atoms with Crippen molar-refractivity contribution in [2.45, 2.75) is 63.7 Å². The predicted octanol–water partition coefficient (Wildman–Crippen LogP) is 4.50. The topological polar surface area (TPSA) is 24.9 Å². The first-order valence-corrected chi connectivity index (χ1v) is 9.12. The zero-order valence-electron chi connectivity index (χ0n) is 12.9. The van der Waals surface area contributed by atoms with Gasteiger partial charge in [-0.15, -0.1) is 0 Å². The summed E-state index contributed by atoms with van der Waals surface area (Å²) in [5.74, 6) is 1.18. The fraction of sp³-hybridized carbons (Fsp3) is 0.706. The Hall–Kier alpha value is -0.540. The number of pyridine rings is 1. The highest BCUT2D eigenvalue weighted by Crippen LogP contribution is 2.31. The summed E-state index contributed by atoms with van der Waals surface area (Å²) in [5.41, 5.74) is 2.44. The first-order chi connectivity index (χ1) is 9.79. The van der Waals surface area contributed by atoms with Gasteiger partial charge in [-0.05, 0) is 44.4 Å². The number of hydrogen-bond acceptors (Lipinski definition) is 3. The minimum atomic E-state index is 0.454. The molecular formula is C17H28N2S. The summed E-state index contributed by atoms with van der Waals surface area (Å²) >= 11 is 2.16. The third-order valence-corrected chi connectivity index (χ3v) is 5.50. The minimum Gasteiger partial charge on any atom is -0.309 e. The molecule has 0 saturated heterocycles. The molecule has 2 rings (SSSR count). The summed E-state index contributed by atoms with van der Waals surface area (Å²) in [6, 6.07) is 4.81. The quantitative estimate of drug-likeness (QED) is 0.801. The SMILES string of the molecule is CCCNC(CSC1CCCCC1)c1ccc(C)nc1. The monoisotopic (exact) mass is 292 g/mol. The van der Waals surface area contributed by atoms with Crippen LogP contribution in [-0.4, -0.2) is 22.5 Å². The lowest BCUT2D eigenvalue weighted by molar-refractivity contribution is 0.513. The second-order valence-corrected chi connectivity index (χ2v) is 7.17. The Morgan fingerprint density at radius 3 is 2.75 bits per heavy atom. The molecule has 112 valence electrons. The van der Waals surface area contributed by atoms with Crippen molar-refractivity contribution in [3.05, 3.63) is 29.6 Å². The second-order valence-electron chi connectivity index (χ2n) is 5.83. The Labute approximate surface area is 128 Å². The molecule has 1 heterocycles. The third kappa shape index (κ3) is 5.10. The van der Waals surface area contributed by atoms with Crippen LogP contribution in [-0.2, 0) is 0 Å². The molecule has 0 aromatic carbocycles. The molecule has 1 aliphatic rings. The van der Waals surface area contributed by atoms with E-state index in [4.69, 9.17) is 0 Å². The molecule has 1 N–H and O–H groups in total. The number of hydrogen-bond donors (Lipinski definition) is 1. The Kier molecular flexibility index (Phi) is 6.88. The van der Waals surface area contributed by atoms with Gasteiger partial charge in [-0.25, -0.2) is 0 Å². The van der Waals surface area contributed by atoms with Gasteiger partial charge >= 0.3 is 0 Å². The normalized spacial score (nSPS) is 18.1. The van der Waals surface area contributed by atoms with Crippen LogP contribution in [0.4, 0.5) is 0 Å². The smallest absolute Gasteiger partial charge is 0.0427 e. The van der Waals surface area contributed by atoms with Gasteiger partial charge in [0.1, 0.15) is 0 Å². The van der Waals surface area contributed by atoms with Crippen molar-refractivity contribution >= 4 is 11.8 Å². The van der Waals surface area contributed by atoms with Gasteiger partial charge in [0.05, 0.1) is 0 Å². The predicted molar refractivity (Wildman–Crippen MR) is 89.3 cm³/mol. The third-order valence-electron chi connectivity index (χ3n) is 4.03. The molecule has 1 unspecified atom stereocenters. The zero-order chi connectivity index (χ0) is 14.2. The van der Waals surface area contributed by atoms with Gasteiger partial charge in [0.2, 0.25) is 0 Å². The molecule has 1 atom stereocenters. The maximum absolute atomic E-state index is 4.45. The summed E-state index contributed by atoms with van der Waals surface area (Å²) in [4.78, 5) is 4.45. The van der Waals surface area contributed by atoms with Gasteiger partial charge in [0, 0.05) is 28.9 Å². The van der Waals surface area contributed by atoms with Gasteiger partial charge in [-0.2, -0.15) is 11.8 Å². The van der Waals surface area contributed by atoms with E-state index in [-0.39, 0.29) is 0 Å². The highest BCUT2D eigenvalue weighted by atomic mass is 32.2. The van der Waals surface area contributed by atoms with Crippen LogP contribution in [0.3, 0.4) is 0 Å². The average Bonchev–Trinajstić information content (AvgIpc) is 2.50. The highest BCUT2D eigenvalue weighted by Gasteiger charge is 2.17. The van der Waals surface area contributed by atoms with Crippen LogP contribution >= 0.6 is 11.8 Å². The maximum atomic E-state index is 4.45. The highest BCUT2D eigenvalue weighted by molar-refractivity contribution is 7.99. The molecule has 0 radical (unpaired) electrons. The van der Waals surface area contributed by atoms with Gasteiger partial charge in [-0.1, -0.05) is 32.3 Å². The van der Waals surface area contributed by atoms with E-state index in [1.165, 1.54) is 49.8 Å². The summed E-state index contributed by atoms with van der Waals surface area (Å²) in [6.45, 7) is 5.37. The van der Waals surface area contributed by atoms with Gasteiger partial charge in [-0.3, -0.25) is 4.98 Å². The minimum absolute atomic E-state index is 0.454. The van der Waals surface area contributed by atoms with Crippen molar-refractivity contribution in [1.82, 2.24) is 10.3 Å². The van der Waals surface area contributed by atoms with Gasteiger partial charge < -0.3 is 5.32 Å². The van der Waals surface area contributed by atoms with E-state index in [0.29, 0.717) is 6.04 Å². The van der Waals surface area contributed by atoms with Crippen LogP contribution in [0, 0.1) is 6.92 Å². The first-order valence-electron chi connectivity index (χ1n) is 8.07. The number of nitrogens with one attached hydrogen (secondary N) is 1. The molecule has 1 aromatic heterocycles. The van der Waals surface area contributed by atoms with Gasteiger partial charge in [0.15, 0.2) is 0 Å². The molecule has 1 aromatic rings. The summed E-state index contributed by atoms with van der Waals surface area (Å²) in [5, 5.41) is 4.57. The van der Waals surface area contributed by atoms with E-state index in [1.807, 2.05) is 6.20 Å². The maximum Gasteiger partial charge on any atom is 0.0427 e. The van der Waals surface area contributed by atoms with Crippen LogP contribution in [0.2, 0.25) is 0 Å². The molecular weight excluding hydrogens is 264 g/mol. The van der Waals surface area contributed by atoms with Crippen LogP contribution in [0.1, 0.15) is 62.7 Å². The lowest BCUT2D eigenvalue weighted by Crippen LogP contribution is -2.25. The Morgan fingerprint density at radius 2 is 2.10 bits per heavy atom. The molecule has 0 amide bonds. The number of aromatic nitrogens is 1. The van der Waals surface area contributed by atoms with Crippen LogP contribution < -0.4 is 5.32 Å². The lowest BCUT2D eigenvalue weighted by Gasteiger charge is -2.25. The van der Waals surface area contributed by atoms with Gasteiger partial charge in [0.25, 0.3) is 0 Å². The number of rotatable bonds is 7. The Bertz CT molecular complexity index is 371. The number of thioether (sulfide) groups is 1. The first kappa shape index (κ1) is 15.8. The number of aryl methyl sites for hydroxylation is 1. The van der Waals surface area contributed by atoms with Crippen LogP contribution in [0.25, 0.3) is 0 Å². The molecule has 1 saturated carbocycles. The molecule has 0 spiro atoms. The molecule has 2 nitrogen and oxygen atoms in total. The van der Waals surface area contributed by atoms with E-state index in [9.17, 15) is 0 Å². The van der Waals surface area contributed by atoms with Crippen molar-refractivity contribution in [1.29, 1.82) is 0 Å². The Morgan fingerprint density at radius 1 is 1.30 bits per heavy atom. The van der Waals surface area contributed by atoms with Crippen molar-refractivity contribution in [3.63, 3.8) is 0 Å². The van der Waals surface area contributed by atoms with Crippen molar-refractivity contribution in [3.8, 4) is 0 Å². The standard InChI is InChI=1S/C17H28N2S/c1-3-11-18-17(15-10-9-14(2)19-12-15)13-20-16-7-5-4-6-8-16/h9-10,12,16-18H,3-8,11,13H2,1-2H3. The molecule has 20 heavy (non-hydrogen) atoms. The van der Waals surface area contributed by atoms with Crippen LogP contribution in [0.5, 0.6) is 0 Å². The zero-order valence-corrected chi connectivity index (χ0v) is 13.7. The lowest BCUT2D eigenvalue weighted by atomic mass is 10.0. The molecule has 0 bridgehead atoms. The second kappa shape index (κ2) is 8.68. The largest absolute Gasteiger partial charge is 0.309 e. The van der Waals surface area contributed by atoms with E-state index in [1.54, 1.807) is 0 Å². The molecule has 1 aliphatic carbocycles.